The molecule has 36 heavy (non-hydrogen) atoms. The van der Waals surface area contributed by atoms with Crippen LogP contribution >= 0.6 is 0 Å². The fourth-order valence-corrected chi connectivity index (χ4v) is 6.09. The van der Waals surface area contributed by atoms with Gasteiger partial charge in [0.25, 0.3) is 0 Å². The first-order valence-electron chi connectivity index (χ1n) is 12.3. The molecule has 0 bridgehead atoms. The molecule has 9 heteroatoms. The van der Waals surface area contributed by atoms with Crippen LogP contribution in [0.1, 0.15) is 37.7 Å². The number of piperidine rings is 1. The van der Waals surface area contributed by atoms with Gasteiger partial charge in [-0.25, -0.2) is 4.98 Å². The highest BCUT2D eigenvalue weighted by molar-refractivity contribution is 5.94. The number of aryl methyl sites for hydroxylation is 1. The minimum absolute atomic E-state index is 0.00457. The van der Waals surface area contributed by atoms with Crippen LogP contribution in [0.15, 0.2) is 48.5 Å². The van der Waals surface area contributed by atoms with Crippen LogP contribution in [0.5, 0.6) is 0 Å². The Morgan fingerprint density at radius 1 is 1.11 bits per heavy atom. The van der Waals surface area contributed by atoms with Crippen LogP contribution in [-0.4, -0.2) is 69.2 Å². The molecule has 3 atom stereocenters. The molecule has 2 aliphatic rings. The maximum absolute atomic E-state index is 13.3. The van der Waals surface area contributed by atoms with E-state index in [1.54, 1.807) is 11.8 Å². The van der Waals surface area contributed by atoms with Gasteiger partial charge < -0.3 is 20.5 Å². The van der Waals surface area contributed by atoms with Gasteiger partial charge in [-0.15, -0.1) is 0 Å². The first-order valence-corrected chi connectivity index (χ1v) is 12.3. The number of nitrogens with one attached hydrogen (secondary N) is 3. The van der Waals surface area contributed by atoms with Crippen molar-refractivity contribution in [1.82, 2.24) is 25.1 Å². The van der Waals surface area contributed by atoms with E-state index < -0.39 is 5.54 Å². The first kappa shape index (κ1) is 24.0. The van der Waals surface area contributed by atoms with Crippen molar-refractivity contribution in [3.05, 3.63) is 59.9 Å². The summed E-state index contributed by atoms with van der Waals surface area (Å²) in [5.74, 6) is 0.617. The van der Waals surface area contributed by atoms with Crippen molar-refractivity contribution in [2.75, 3.05) is 31.5 Å². The Labute approximate surface area is 210 Å². The van der Waals surface area contributed by atoms with Crippen LogP contribution in [-0.2, 0) is 14.4 Å². The van der Waals surface area contributed by atoms with E-state index in [9.17, 15) is 14.4 Å². The molecule has 3 heterocycles. The van der Waals surface area contributed by atoms with Crippen molar-refractivity contribution in [2.24, 2.45) is 5.92 Å². The summed E-state index contributed by atoms with van der Waals surface area (Å²) in [4.78, 5) is 49.4. The Morgan fingerprint density at radius 2 is 1.89 bits per heavy atom. The van der Waals surface area contributed by atoms with Crippen molar-refractivity contribution < 1.29 is 14.4 Å². The van der Waals surface area contributed by atoms with Gasteiger partial charge in [0.2, 0.25) is 17.7 Å². The molecule has 1 aromatic heterocycles. The number of likely N-dealkylation sites (tertiary alicyclic amines) is 2. The number of H-pyrrole nitrogens is 1. The SMILES string of the molecule is CC(=O)N[C@@]12CN(C(C)=O)CC[C@@H]1[C@@H](c1ccccc1)N(CC(=O)Nc1ccc3nc(C)[nH]c3c1)C2. The normalized spacial score (nSPS) is 23.9. The second-order valence-corrected chi connectivity index (χ2v) is 10.0. The summed E-state index contributed by atoms with van der Waals surface area (Å²) in [6.07, 6.45) is 0.743. The lowest BCUT2D eigenvalue weighted by Gasteiger charge is -2.45. The zero-order valence-corrected chi connectivity index (χ0v) is 20.9. The number of rotatable bonds is 5. The summed E-state index contributed by atoms with van der Waals surface area (Å²) >= 11 is 0. The van der Waals surface area contributed by atoms with Gasteiger partial charge in [0.15, 0.2) is 0 Å². The topological polar surface area (TPSA) is 110 Å². The minimum atomic E-state index is -0.622. The number of aromatic nitrogens is 2. The maximum Gasteiger partial charge on any atom is 0.238 e. The summed E-state index contributed by atoms with van der Waals surface area (Å²) in [5.41, 5.74) is 2.90. The van der Waals surface area contributed by atoms with Gasteiger partial charge in [0, 0.05) is 51.1 Å². The Kier molecular flexibility index (Phi) is 6.26. The number of imidazole rings is 1. The van der Waals surface area contributed by atoms with Gasteiger partial charge in [-0.3, -0.25) is 19.3 Å². The van der Waals surface area contributed by atoms with Crippen LogP contribution < -0.4 is 10.6 Å². The van der Waals surface area contributed by atoms with E-state index in [-0.39, 0.29) is 36.2 Å². The number of anilines is 1. The summed E-state index contributed by atoms with van der Waals surface area (Å²) in [7, 11) is 0. The van der Waals surface area contributed by atoms with Crippen LogP contribution in [0.4, 0.5) is 5.69 Å². The lowest BCUT2D eigenvalue weighted by Crippen LogP contribution is -2.64. The molecule has 0 aliphatic carbocycles. The first-order chi connectivity index (χ1) is 17.2. The highest BCUT2D eigenvalue weighted by atomic mass is 16.2. The zero-order chi connectivity index (χ0) is 25.4. The van der Waals surface area contributed by atoms with E-state index in [4.69, 9.17) is 0 Å². The molecule has 2 saturated heterocycles. The molecular weight excluding hydrogens is 456 g/mol. The fourth-order valence-electron chi connectivity index (χ4n) is 6.09. The van der Waals surface area contributed by atoms with Crippen molar-refractivity contribution in [3.63, 3.8) is 0 Å². The molecule has 3 N–H and O–H groups in total. The van der Waals surface area contributed by atoms with E-state index in [0.29, 0.717) is 25.3 Å². The molecule has 3 amide bonds. The van der Waals surface area contributed by atoms with Crippen molar-refractivity contribution in [2.45, 2.75) is 38.8 Å². The average Bonchev–Trinajstić information content (AvgIpc) is 3.34. The number of carbonyl (C=O) groups excluding carboxylic acids is 3. The zero-order valence-electron chi connectivity index (χ0n) is 20.9. The number of nitrogens with zero attached hydrogens (tertiary/aromatic N) is 3. The van der Waals surface area contributed by atoms with Crippen molar-refractivity contribution in [3.8, 4) is 0 Å². The quantitative estimate of drug-likeness (QED) is 0.511. The second kappa shape index (κ2) is 9.39. The Balaban J connectivity index is 1.43. The van der Waals surface area contributed by atoms with Gasteiger partial charge in [-0.1, -0.05) is 30.3 Å². The summed E-state index contributed by atoms with van der Waals surface area (Å²) in [5, 5.41) is 6.22. The Bertz CT molecular complexity index is 1310. The standard InChI is InChI=1S/C27H32N6O3/c1-17-28-23-10-9-21(13-24(23)29-17)30-25(36)14-33-16-27(31-18(2)34)15-32(19(3)35)12-11-22(27)26(33)20-7-5-4-6-8-20/h4-10,13,22,26H,11-12,14-16H2,1-3H3,(H,28,29)(H,30,36)(H,31,34)/t22-,26-,27-/m1/s1. The molecule has 188 valence electrons. The Hall–Kier alpha value is -3.72. The molecule has 5 rings (SSSR count). The molecule has 2 aliphatic heterocycles. The van der Waals surface area contributed by atoms with Crippen molar-refractivity contribution in [1.29, 1.82) is 0 Å². The number of hydrogen-bond donors (Lipinski definition) is 3. The predicted octanol–water partition coefficient (Wildman–Crippen LogP) is 2.61. The lowest BCUT2D eigenvalue weighted by atomic mass is 9.75. The number of hydrogen-bond acceptors (Lipinski definition) is 5. The molecule has 0 radical (unpaired) electrons. The van der Waals surface area contributed by atoms with Gasteiger partial charge in [-0.2, -0.15) is 0 Å². The summed E-state index contributed by atoms with van der Waals surface area (Å²) in [6.45, 7) is 6.68. The molecule has 3 aromatic rings. The highest BCUT2D eigenvalue weighted by Crippen LogP contribution is 2.47. The highest BCUT2D eigenvalue weighted by Gasteiger charge is 2.56. The molecule has 2 fully saturated rings. The number of aromatic amines is 1. The average molecular weight is 489 g/mol. The molecule has 0 unspecified atom stereocenters. The van der Waals surface area contributed by atoms with Crippen LogP contribution in [0.3, 0.4) is 0 Å². The van der Waals surface area contributed by atoms with Crippen LogP contribution in [0, 0.1) is 12.8 Å². The lowest BCUT2D eigenvalue weighted by molar-refractivity contribution is -0.134. The maximum atomic E-state index is 13.3. The summed E-state index contributed by atoms with van der Waals surface area (Å²) < 4.78 is 0. The van der Waals surface area contributed by atoms with Crippen LogP contribution in [0.2, 0.25) is 0 Å². The van der Waals surface area contributed by atoms with Crippen LogP contribution in [0.25, 0.3) is 11.0 Å². The number of fused-ring (bicyclic) bond motifs is 2. The molecular formula is C27H32N6O3. The van der Waals surface area contributed by atoms with Crippen molar-refractivity contribution >= 4 is 34.4 Å². The van der Waals surface area contributed by atoms with Gasteiger partial charge in [0.05, 0.1) is 23.1 Å². The van der Waals surface area contributed by atoms with E-state index >= 15 is 0 Å². The predicted molar refractivity (Wildman–Crippen MR) is 137 cm³/mol. The monoisotopic (exact) mass is 488 g/mol. The van der Waals surface area contributed by atoms with Gasteiger partial charge >= 0.3 is 0 Å². The number of benzene rings is 2. The smallest absolute Gasteiger partial charge is 0.238 e. The number of amides is 3. The summed E-state index contributed by atoms with van der Waals surface area (Å²) in [6, 6.07) is 15.7. The van der Waals surface area contributed by atoms with Gasteiger partial charge in [0.1, 0.15) is 5.82 Å². The van der Waals surface area contributed by atoms with Gasteiger partial charge in [-0.05, 0) is 37.1 Å². The molecule has 0 spiro atoms. The third-order valence-corrected chi connectivity index (χ3v) is 7.39. The van der Waals surface area contributed by atoms with E-state index in [1.165, 1.54) is 6.92 Å². The van der Waals surface area contributed by atoms with E-state index in [2.05, 4.69) is 37.6 Å². The van der Waals surface area contributed by atoms with E-state index in [1.807, 2.05) is 43.3 Å². The third-order valence-electron chi connectivity index (χ3n) is 7.39. The van der Waals surface area contributed by atoms with E-state index in [0.717, 1.165) is 28.8 Å². The Morgan fingerprint density at radius 3 is 2.61 bits per heavy atom. The number of carbonyl (C=O) groups is 3. The third kappa shape index (κ3) is 4.58. The largest absolute Gasteiger partial charge is 0.347 e. The molecule has 0 saturated carbocycles. The molecule has 9 nitrogen and oxygen atoms in total. The minimum Gasteiger partial charge on any atom is -0.347 e. The molecule has 2 aromatic carbocycles. The fraction of sp³-hybridized carbons (Fsp3) is 0.407. The second-order valence-electron chi connectivity index (χ2n) is 10.0.